The maximum Gasteiger partial charge on any atom is 0.363 e. The lowest BCUT2D eigenvalue weighted by Crippen LogP contribution is -2.05. The van der Waals surface area contributed by atoms with E-state index in [0.29, 0.717) is 32.7 Å². The second-order valence-corrected chi connectivity index (χ2v) is 9.19. The fraction of sp³-hybridized carbons (Fsp3) is 0.0833. The van der Waals surface area contributed by atoms with Gasteiger partial charge in [0.05, 0.1) is 25.6 Å². The van der Waals surface area contributed by atoms with Crippen LogP contribution >= 0.6 is 45.8 Å². The molecule has 0 amide bonds. The number of ether oxygens (including phenoxy) is 3. The highest BCUT2D eigenvalue weighted by Gasteiger charge is 2.25. The normalized spacial score (nSPS) is 14.0. The van der Waals surface area contributed by atoms with Crippen LogP contribution in [-0.2, 0) is 16.1 Å². The van der Waals surface area contributed by atoms with Gasteiger partial charge in [0.15, 0.2) is 17.2 Å². The zero-order chi connectivity index (χ0) is 25.1. The molecule has 0 fully saturated rings. The molecular weight excluding hydrogens is 610 g/mol. The molecule has 1 aliphatic heterocycles. The number of rotatable bonds is 7. The molecule has 0 bridgehead atoms. The van der Waals surface area contributed by atoms with Crippen LogP contribution in [0.3, 0.4) is 0 Å². The fourth-order valence-corrected chi connectivity index (χ4v) is 4.27. The maximum atomic E-state index is 12.4. The Bertz CT molecular complexity index is 1390. The number of hydrogen-bond acceptors (Lipinski definition) is 7. The van der Waals surface area contributed by atoms with Gasteiger partial charge < -0.3 is 14.2 Å². The van der Waals surface area contributed by atoms with Crippen LogP contribution in [0.4, 0.5) is 5.69 Å². The van der Waals surface area contributed by atoms with Crippen molar-refractivity contribution in [3.63, 3.8) is 0 Å². The monoisotopic (exact) mass is 624 g/mol. The Kier molecular flexibility index (Phi) is 7.58. The summed E-state index contributed by atoms with van der Waals surface area (Å²) in [5.74, 6) is 0.437. The van der Waals surface area contributed by atoms with Gasteiger partial charge in [0.25, 0.3) is 5.69 Å². The lowest BCUT2D eigenvalue weighted by atomic mass is 10.1. The second-order valence-electron chi connectivity index (χ2n) is 7.21. The molecule has 3 aromatic rings. The highest BCUT2D eigenvalue weighted by molar-refractivity contribution is 14.1. The molecule has 0 spiro atoms. The van der Waals surface area contributed by atoms with Crippen molar-refractivity contribution in [3.05, 3.63) is 101 Å². The Morgan fingerprint density at radius 3 is 2.51 bits per heavy atom. The molecule has 1 aliphatic rings. The first-order chi connectivity index (χ1) is 16.7. The molecular formula is C24H15Cl2IN2O6. The van der Waals surface area contributed by atoms with Crippen molar-refractivity contribution in [1.82, 2.24) is 0 Å². The zero-order valence-corrected chi connectivity index (χ0v) is 21.6. The van der Waals surface area contributed by atoms with E-state index in [2.05, 4.69) is 27.6 Å². The summed E-state index contributed by atoms with van der Waals surface area (Å²) < 4.78 is 17.5. The Labute approximate surface area is 223 Å². The smallest absolute Gasteiger partial charge is 0.363 e. The van der Waals surface area contributed by atoms with Gasteiger partial charge in [-0.3, -0.25) is 10.1 Å². The van der Waals surface area contributed by atoms with Gasteiger partial charge in [-0.05, 0) is 76.2 Å². The summed E-state index contributed by atoms with van der Waals surface area (Å²) in [5.41, 5.74) is 1.95. The molecule has 0 atom stereocenters. The number of nitro benzene ring substituents is 1. The van der Waals surface area contributed by atoms with Gasteiger partial charge in [-0.2, -0.15) is 0 Å². The highest BCUT2D eigenvalue weighted by atomic mass is 127. The van der Waals surface area contributed by atoms with Crippen molar-refractivity contribution < 1.29 is 23.9 Å². The minimum Gasteiger partial charge on any atom is -0.493 e. The van der Waals surface area contributed by atoms with E-state index in [1.807, 2.05) is 12.1 Å². The van der Waals surface area contributed by atoms with Gasteiger partial charge in [-0.1, -0.05) is 29.3 Å². The number of hydrogen-bond donors (Lipinski definition) is 0. The van der Waals surface area contributed by atoms with Crippen LogP contribution in [0.25, 0.3) is 6.08 Å². The summed E-state index contributed by atoms with van der Waals surface area (Å²) in [6.45, 7) is 0.249. The van der Waals surface area contributed by atoms with Crippen LogP contribution in [-0.4, -0.2) is 23.9 Å². The molecule has 0 saturated heterocycles. The number of esters is 1. The molecule has 1 heterocycles. The molecule has 0 saturated carbocycles. The first kappa shape index (κ1) is 25.0. The number of carbonyl (C=O) groups excluding carboxylic acids is 1. The van der Waals surface area contributed by atoms with Crippen molar-refractivity contribution in [2.45, 2.75) is 6.61 Å². The van der Waals surface area contributed by atoms with Gasteiger partial charge in [0.1, 0.15) is 6.61 Å². The number of non-ortho nitro benzene ring substituents is 1. The minimum atomic E-state index is -0.632. The van der Waals surface area contributed by atoms with Crippen molar-refractivity contribution in [3.8, 4) is 11.5 Å². The van der Waals surface area contributed by atoms with E-state index in [0.717, 1.165) is 9.13 Å². The first-order valence-corrected chi connectivity index (χ1v) is 11.8. The predicted molar refractivity (Wildman–Crippen MR) is 140 cm³/mol. The lowest BCUT2D eigenvalue weighted by Gasteiger charge is -2.14. The number of nitro groups is 1. The Balaban J connectivity index is 1.57. The number of methoxy groups -OCH3 is 1. The molecule has 35 heavy (non-hydrogen) atoms. The quantitative estimate of drug-likeness (QED) is 0.0986. The molecule has 3 aromatic carbocycles. The Morgan fingerprint density at radius 1 is 1.11 bits per heavy atom. The Hall–Kier alpha value is -3.15. The summed E-state index contributed by atoms with van der Waals surface area (Å²) in [6, 6.07) is 14.4. The number of halogens is 3. The van der Waals surface area contributed by atoms with E-state index in [-0.39, 0.29) is 23.9 Å². The molecule has 4 rings (SSSR count). The van der Waals surface area contributed by atoms with E-state index in [9.17, 15) is 14.9 Å². The summed E-state index contributed by atoms with van der Waals surface area (Å²) >= 11 is 14.2. The van der Waals surface area contributed by atoms with Crippen LogP contribution in [0, 0.1) is 13.7 Å². The van der Waals surface area contributed by atoms with Crippen LogP contribution in [0.1, 0.15) is 16.7 Å². The van der Waals surface area contributed by atoms with Crippen LogP contribution in [0.2, 0.25) is 10.0 Å². The van der Waals surface area contributed by atoms with Crippen molar-refractivity contribution in [1.29, 1.82) is 0 Å². The van der Waals surface area contributed by atoms with E-state index in [1.165, 1.54) is 31.4 Å². The molecule has 0 aromatic heterocycles. The van der Waals surface area contributed by atoms with Crippen molar-refractivity contribution >= 4 is 69.4 Å². The molecule has 8 nitrogen and oxygen atoms in total. The van der Waals surface area contributed by atoms with Gasteiger partial charge in [0, 0.05) is 17.7 Å². The van der Waals surface area contributed by atoms with E-state index < -0.39 is 10.9 Å². The van der Waals surface area contributed by atoms with E-state index in [1.54, 1.807) is 24.3 Å². The number of carbonyl (C=O) groups is 1. The van der Waals surface area contributed by atoms with Crippen molar-refractivity contribution in [2.75, 3.05) is 7.11 Å². The Morgan fingerprint density at radius 2 is 1.86 bits per heavy atom. The third kappa shape index (κ3) is 5.75. The summed E-state index contributed by atoms with van der Waals surface area (Å²) in [6.07, 6.45) is 1.56. The molecule has 0 N–H and O–H groups in total. The molecule has 11 heteroatoms. The minimum absolute atomic E-state index is 0.0689. The summed E-state index contributed by atoms with van der Waals surface area (Å²) in [7, 11) is 1.52. The average Bonchev–Trinajstić information content (AvgIpc) is 3.20. The maximum absolute atomic E-state index is 12.4. The second kappa shape index (κ2) is 10.6. The molecule has 0 unspecified atom stereocenters. The number of cyclic esters (lactones) is 1. The third-order valence-corrected chi connectivity index (χ3v) is 6.41. The molecule has 178 valence electrons. The first-order valence-electron chi connectivity index (χ1n) is 9.97. The SMILES string of the molecule is COc1cc(/C=C2\N=C(c3ccc([N+](=O)[O-])cc3)OC2=O)cc(I)c1OCc1ccc(Cl)c(Cl)c1. The standard InChI is InChI=1S/C24H15Cl2IN2O6/c1-33-21-11-14(9-19(27)22(21)34-12-13-2-7-17(25)18(26)8-13)10-20-24(30)35-23(28-20)15-3-5-16(6-4-15)29(31)32/h2-11H,12H2,1H3/b20-10-. The number of nitrogens with zero attached hydrogens (tertiary/aromatic N) is 2. The zero-order valence-electron chi connectivity index (χ0n) is 18.0. The lowest BCUT2D eigenvalue weighted by molar-refractivity contribution is -0.384. The topological polar surface area (TPSA) is 100 Å². The third-order valence-electron chi connectivity index (χ3n) is 4.87. The van der Waals surface area contributed by atoms with Gasteiger partial charge in [-0.15, -0.1) is 0 Å². The fourth-order valence-electron chi connectivity index (χ4n) is 3.16. The van der Waals surface area contributed by atoms with Crippen LogP contribution < -0.4 is 9.47 Å². The van der Waals surface area contributed by atoms with Gasteiger partial charge >= 0.3 is 5.97 Å². The van der Waals surface area contributed by atoms with Crippen LogP contribution in [0.5, 0.6) is 11.5 Å². The molecule has 0 aliphatic carbocycles. The van der Waals surface area contributed by atoms with Crippen molar-refractivity contribution in [2.24, 2.45) is 4.99 Å². The number of aliphatic imine (C=N–C) groups is 1. The van der Waals surface area contributed by atoms with E-state index >= 15 is 0 Å². The van der Waals surface area contributed by atoms with Gasteiger partial charge in [0.2, 0.25) is 5.90 Å². The predicted octanol–water partition coefficient (Wildman–Crippen LogP) is 6.44. The summed E-state index contributed by atoms with van der Waals surface area (Å²) in [4.78, 5) is 26.9. The molecule has 0 radical (unpaired) electrons. The average molecular weight is 625 g/mol. The number of benzene rings is 3. The largest absolute Gasteiger partial charge is 0.493 e. The van der Waals surface area contributed by atoms with E-state index in [4.69, 9.17) is 37.4 Å². The van der Waals surface area contributed by atoms with Gasteiger partial charge in [-0.25, -0.2) is 9.79 Å². The highest BCUT2D eigenvalue weighted by Crippen LogP contribution is 2.36. The summed E-state index contributed by atoms with van der Waals surface area (Å²) in [5, 5.41) is 11.7. The van der Waals surface area contributed by atoms with Crippen LogP contribution in [0.15, 0.2) is 65.3 Å².